The Morgan fingerprint density at radius 1 is 1.10 bits per heavy atom. The number of benzene rings is 1. The molecule has 0 saturated carbocycles. The molecule has 1 aromatic carbocycles. The van der Waals surface area contributed by atoms with Gasteiger partial charge >= 0.3 is 5.69 Å². The summed E-state index contributed by atoms with van der Waals surface area (Å²) in [5, 5.41) is 15.3. The maximum Gasteiger partial charge on any atom is 0.353 e. The molecule has 0 spiro atoms. The number of nitrogens with zero attached hydrogens (tertiary/aromatic N) is 4. The number of ether oxygens (including phenoxy) is 2. The standard InChI is InChI=1S/C20H28ClN5O4/c1-12(2)9-25(10-13(3)4)20-18(26(27)28)19(22-11-23-20)24-15-7-14(21)16(29-5)8-17(15)30-6/h7-8,11-13H,9-10H2,1-6H3,(H,22,23,24). The van der Waals surface area contributed by atoms with Gasteiger partial charge in [0.05, 0.1) is 29.9 Å². The molecule has 0 fully saturated rings. The molecule has 0 bridgehead atoms. The molecule has 1 heterocycles. The van der Waals surface area contributed by atoms with E-state index in [4.69, 9.17) is 21.1 Å². The summed E-state index contributed by atoms with van der Waals surface area (Å²) < 4.78 is 10.6. The Kier molecular flexibility index (Phi) is 8.05. The van der Waals surface area contributed by atoms with Gasteiger partial charge in [0.15, 0.2) is 0 Å². The van der Waals surface area contributed by atoms with Crippen LogP contribution in [0.25, 0.3) is 0 Å². The van der Waals surface area contributed by atoms with Crippen molar-refractivity contribution in [2.75, 3.05) is 37.5 Å². The van der Waals surface area contributed by atoms with Gasteiger partial charge in [0.25, 0.3) is 0 Å². The van der Waals surface area contributed by atoms with Crippen LogP contribution < -0.4 is 19.7 Å². The van der Waals surface area contributed by atoms with Crippen molar-refractivity contribution in [3.8, 4) is 11.5 Å². The maximum atomic E-state index is 12.0. The second kappa shape index (κ2) is 10.3. The van der Waals surface area contributed by atoms with Crippen LogP contribution >= 0.6 is 11.6 Å². The predicted molar refractivity (Wildman–Crippen MR) is 118 cm³/mol. The van der Waals surface area contributed by atoms with Crippen molar-refractivity contribution < 1.29 is 14.4 Å². The lowest BCUT2D eigenvalue weighted by Crippen LogP contribution is -2.32. The van der Waals surface area contributed by atoms with E-state index >= 15 is 0 Å². The first-order valence-electron chi connectivity index (χ1n) is 9.60. The van der Waals surface area contributed by atoms with E-state index < -0.39 is 4.92 Å². The minimum atomic E-state index is -0.469. The molecule has 30 heavy (non-hydrogen) atoms. The van der Waals surface area contributed by atoms with E-state index in [2.05, 4.69) is 43.0 Å². The average molecular weight is 438 g/mol. The quantitative estimate of drug-likeness (QED) is 0.412. The first-order valence-corrected chi connectivity index (χ1v) is 9.98. The Labute approximate surface area is 181 Å². The van der Waals surface area contributed by atoms with Crippen LogP contribution in [0.1, 0.15) is 27.7 Å². The average Bonchev–Trinajstić information content (AvgIpc) is 2.66. The molecule has 0 aliphatic carbocycles. The fourth-order valence-corrected chi connectivity index (χ4v) is 3.32. The monoisotopic (exact) mass is 437 g/mol. The summed E-state index contributed by atoms with van der Waals surface area (Å²) in [7, 11) is 2.98. The van der Waals surface area contributed by atoms with Crippen molar-refractivity contribution in [2.24, 2.45) is 11.8 Å². The maximum absolute atomic E-state index is 12.0. The van der Waals surface area contributed by atoms with Crippen LogP contribution in [-0.4, -0.2) is 42.2 Å². The lowest BCUT2D eigenvalue weighted by atomic mass is 10.1. The van der Waals surface area contributed by atoms with Crippen molar-refractivity contribution in [1.82, 2.24) is 9.97 Å². The van der Waals surface area contributed by atoms with Crippen LogP contribution in [0.5, 0.6) is 11.5 Å². The highest BCUT2D eigenvalue weighted by molar-refractivity contribution is 6.32. The molecule has 0 aliphatic rings. The van der Waals surface area contributed by atoms with Crippen LogP contribution in [0.15, 0.2) is 18.5 Å². The van der Waals surface area contributed by atoms with E-state index in [1.54, 1.807) is 12.1 Å². The van der Waals surface area contributed by atoms with Gasteiger partial charge in [0.2, 0.25) is 11.6 Å². The van der Waals surface area contributed by atoms with E-state index in [9.17, 15) is 10.1 Å². The number of nitrogens with one attached hydrogen (secondary N) is 1. The van der Waals surface area contributed by atoms with E-state index in [-0.39, 0.29) is 17.3 Å². The van der Waals surface area contributed by atoms with E-state index in [0.29, 0.717) is 47.1 Å². The molecule has 2 rings (SSSR count). The molecule has 1 aromatic heterocycles. The van der Waals surface area contributed by atoms with Crippen LogP contribution in [0.3, 0.4) is 0 Å². The molecule has 10 heteroatoms. The van der Waals surface area contributed by atoms with Gasteiger partial charge in [-0.05, 0) is 17.9 Å². The Morgan fingerprint density at radius 2 is 1.70 bits per heavy atom. The lowest BCUT2D eigenvalue weighted by Gasteiger charge is -2.27. The van der Waals surface area contributed by atoms with Gasteiger partial charge in [-0.3, -0.25) is 10.1 Å². The topological polar surface area (TPSA) is 103 Å². The van der Waals surface area contributed by atoms with E-state index in [1.807, 2.05) is 4.90 Å². The van der Waals surface area contributed by atoms with Gasteiger partial charge in [0.1, 0.15) is 17.8 Å². The Bertz CT molecular complexity index is 882. The van der Waals surface area contributed by atoms with Crippen molar-refractivity contribution in [2.45, 2.75) is 27.7 Å². The second-order valence-corrected chi connectivity index (χ2v) is 8.06. The lowest BCUT2D eigenvalue weighted by molar-refractivity contribution is -0.383. The number of methoxy groups -OCH3 is 2. The van der Waals surface area contributed by atoms with Crippen LogP contribution in [0.4, 0.5) is 23.0 Å². The van der Waals surface area contributed by atoms with Crippen LogP contribution in [0, 0.1) is 22.0 Å². The SMILES string of the molecule is COc1cc(OC)c(Nc2ncnc(N(CC(C)C)CC(C)C)c2[N+](=O)[O-])cc1Cl. The minimum Gasteiger partial charge on any atom is -0.495 e. The van der Waals surface area contributed by atoms with Crippen molar-refractivity contribution >= 4 is 34.6 Å². The van der Waals surface area contributed by atoms with Gasteiger partial charge in [-0.1, -0.05) is 39.3 Å². The highest BCUT2D eigenvalue weighted by atomic mass is 35.5. The number of halogens is 1. The highest BCUT2D eigenvalue weighted by Gasteiger charge is 2.28. The summed E-state index contributed by atoms with van der Waals surface area (Å²) in [4.78, 5) is 21.8. The highest BCUT2D eigenvalue weighted by Crippen LogP contribution is 2.40. The molecule has 164 valence electrons. The number of rotatable bonds is 10. The van der Waals surface area contributed by atoms with Crippen LogP contribution in [-0.2, 0) is 0 Å². The van der Waals surface area contributed by atoms with E-state index in [0.717, 1.165) is 0 Å². The molecular weight excluding hydrogens is 410 g/mol. The van der Waals surface area contributed by atoms with Gasteiger partial charge in [-0.15, -0.1) is 0 Å². The van der Waals surface area contributed by atoms with Crippen LogP contribution in [0.2, 0.25) is 5.02 Å². The van der Waals surface area contributed by atoms with Crippen molar-refractivity contribution in [3.05, 3.63) is 33.6 Å². The van der Waals surface area contributed by atoms with Gasteiger partial charge in [-0.25, -0.2) is 9.97 Å². The fourth-order valence-electron chi connectivity index (χ4n) is 3.07. The summed E-state index contributed by atoms with van der Waals surface area (Å²) >= 11 is 6.23. The smallest absolute Gasteiger partial charge is 0.353 e. The number of aromatic nitrogens is 2. The zero-order valence-electron chi connectivity index (χ0n) is 18.1. The Morgan fingerprint density at radius 3 is 2.20 bits per heavy atom. The van der Waals surface area contributed by atoms with Gasteiger partial charge < -0.3 is 19.7 Å². The number of hydrogen-bond acceptors (Lipinski definition) is 8. The largest absolute Gasteiger partial charge is 0.495 e. The molecule has 9 nitrogen and oxygen atoms in total. The molecule has 2 aromatic rings. The molecule has 0 radical (unpaired) electrons. The third kappa shape index (κ3) is 5.63. The van der Waals surface area contributed by atoms with Crippen molar-refractivity contribution in [1.29, 1.82) is 0 Å². The first-order chi connectivity index (χ1) is 14.2. The Balaban J connectivity index is 2.56. The summed E-state index contributed by atoms with van der Waals surface area (Å²) in [5.74, 6) is 1.77. The zero-order valence-corrected chi connectivity index (χ0v) is 18.9. The molecular formula is C20H28ClN5O4. The predicted octanol–water partition coefficient (Wildman–Crippen LogP) is 4.92. The molecule has 0 atom stereocenters. The zero-order chi connectivity index (χ0) is 22.4. The Hall–Kier alpha value is -2.81. The first kappa shape index (κ1) is 23.5. The summed E-state index contributed by atoms with van der Waals surface area (Å²) in [6.45, 7) is 9.50. The third-order valence-corrected chi connectivity index (χ3v) is 4.48. The third-order valence-electron chi connectivity index (χ3n) is 4.18. The molecule has 0 aliphatic heterocycles. The molecule has 0 saturated heterocycles. The molecule has 0 amide bonds. The van der Waals surface area contributed by atoms with E-state index in [1.165, 1.54) is 20.5 Å². The van der Waals surface area contributed by atoms with Gasteiger partial charge in [-0.2, -0.15) is 0 Å². The second-order valence-electron chi connectivity index (χ2n) is 7.66. The molecule has 0 unspecified atom stereocenters. The normalized spacial score (nSPS) is 11.0. The van der Waals surface area contributed by atoms with Crippen molar-refractivity contribution in [3.63, 3.8) is 0 Å². The summed E-state index contributed by atoms with van der Waals surface area (Å²) in [6, 6.07) is 3.17. The summed E-state index contributed by atoms with van der Waals surface area (Å²) in [5.41, 5.74) is 0.225. The molecule has 1 N–H and O–H groups in total. The van der Waals surface area contributed by atoms with Gasteiger partial charge in [0, 0.05) is 19.2 Å². The summed E-state index contributed by atoms with van der Waals surface area (Å²) in [6.07, 6.45) is 1.32. The minimum absolute atomic E-state index is 0.0574. The number of anilines is 3. The number of nitro groups is 1. The fraction of sp³-hybridized carbons (Fsp3) is 0.500. The number of hydrogen-bond donors (Lipinski definition) is 1.